The van der Waals surface area contributed by atoms with Gasteiger partial charge < -0.3 is 10.1 Å². The number of aromatic nitrogens is 1. The molecule has 0 unspecified atom stereocenters. The Morgan fingerprint density at radius 3 is 3.09 bits per heavy atom. The Balaban J connectivity index is 2.70. The third kappa shape index (κ3) is 2.65. The first-order valence-electron chi connectivity index (χ1n) is 3.26. The van der Waals surface area contributed by atoms with E-state index in [2.05, 4.69) is 4.98 Å². The van der Waals surface area contributed by atoms with Gasteiger partial charge in [-0.25, -0.2) is 0 Å². The van der Waals surface area contributed by atoms with Crippen molar-refractivity contribution in [1.29, 1.82) is 0 Å². The summed E-state index contributed by atoms with van der Waals surface area (Å²) < 4.78 is 0.742. The van der Waals surface area contributed by atoms with Crippen LogP contribution in [0, 0.1) is 4.64 Å². The minimum atomic E-state index is 0.189. The lowest BCUT2D eigenvalue weighted by molar-refractivity contribution is 0.322. The van der Waals surface area contributed by atoms with Gasteiger partial charge in [-0.2, -0.15) is 0 Å². The molecule has 0 saturated carbocycles. The Morgan fingerprint density at radius 2 is 2.45 bits per heavy atom. The van der Waals surface area contributed by atoms with Gasteiger partial charge in [0.25, 0.3) is 0 Å². The van der Waals surface area contributed by atoms with Gasteiger partial charge >= 0.3 is 0 Å². The van der Waals surface area contributed by atoms with Crippen molar-refractivity contribution in [2.75, 3.05) is 12.4 Å². The summed E-state index contributed by atoms with van der Waals surface area (Å²) in [5.41, 5.74) is 0. The van der Waals surface area contributed by atoms with Crippen LogP contribution in [0.1, 0.15) is 0 Å². The molecule has 2 nitrogen and oxygen atoms in total. The van der Waals surface area contributed by atoms with Gasteiger partial charge in [-0.05, 0) is 12.1 Å². The van der Waals surface area contributed by atoms with Crippen LogP contribution in [-0.2, 0) is 0 Å². The van der Waals surface area contributed by atoms with Crippen LogP contribution in [-0.4, -0.2) is 22.5 Å². The third-order valence-electron chi connectivity index (χ3n) is 1.13. The van der Waals surface area contributed by atoms with Crippen LogP contribution < -0.4 is 0 Å². The van der Waals surface area contributed by atoms with Crippen LogP contribution in [0.25, 0.3) is 0 Å². The monoisotopic (exact) mass is 187 g/mol. The molecule has 1 rings (SSSR count). The molecule has 1 aromatic rings. The van der Waals surface area contributed by atoms with E-state index >= 15 is 0 Å². The van der Waals surface area contributed by atoms with Gasteiger partial charge in [0.05, 0.1) is 6.61 Å². The van der Waals surface area contributed by atoms with Crippen molar-refractivity contribution in [2.24, 2.45) is 0 Å². The fraction of sp³-hybridized carbons (Fsp3) is 0.286. The molecular formula is C7H9NOS2. The molecule has 0 saturated heterocycles. The summed E-state index contributed by atoms with van der Waals surface area (Å²) in [5, 5.41) is 8.55. The van der Waals surface area contributed by atoms with E-state index in [9.17, 15) is 0 Å². The summed E-state index contributed by atoms with van der Waals surface area (Å²) in [4.78, 5) is 3.95. The highest BCUT2D eigenvalue weighted by Gasteiger charge is 1.93. The lowest BCUT2D eigenvalue weighted by atomic mass is 10.5. The fourth-order valence-corrected chi connectivity index (χ4v) is 1.66. The maximum atomic E-state index is 8.55. The van der Waals surface area contributed by atoms with Crippen LogP contribution in [0.3, 0.4) is 0 Å². The van der Waals surface area contributed by atoms with Gasteiger partial charge in [0.15, 0.2) is 0 Å². The van der Waals surface area contributed by atoms with Gasteiger partial charge in [-0.3, -0.25) is 0 Å². The number of hydrogen-bond donors (Lipinski definition) is 2. The van der Waals surface area contributed by atoms with E-state index in [0.29, 0.717) is 5.75 Å². The van der Waals surface area contributed by atoms with E-state index < -0.39 is 0 Å². The molecule has 0 atom stereocenters. The first-order chi connectivity index (χ1) is 5.34. The summed E-state index contributed by atoms with van der Waals surface area (Å²) in [6, 6.07) is 3.84. The van der Waals surface area contributed by atoms with E-state index in [4.69, 9.17) is 17.3 Å². The molecule has 1 heterocycles. The Kier molecular flexibility index (Phi) is 3.62. The van der Waals surface area contributed by atoms with Gasteiger partial charge in [0, 0.05) is 16.8 Å². The number of rotatable bonds is 3. The van der Waals surface area contributed by atoms with E-state index in [1.54, 1.807) is 18.0 Å². The Morgan fingerprint density at radius 1 is 1.64 bits per heavy atom. The predicted molar refractivity (Wildman–Crippen MR) is 49.4 cm³/mol. The number of nitrogens with one attached hydrogen (secondary N) is 1. The lowest BCUT2D eigenvalue weighted by Gasteiger charge is -1.97. The van der Waals surface area contributed by atoms with Crippen molar-refractivity contribution in [1.82, 2.24) is 4.98 Å². The maximum Gasteiger partial charge on any atom is 0.116 e. The number of H-pyrrole nitrogens is 1. The van der Waals surface area contributed by atoms with E-state index in [-0.39, 0.29) is 6.61 Å². The summed E-state index contributed by atoms with van der Waals surface area (Å²) in [6.45, 7) is 0.189. The largest absolute Gasteiger partial charge is 0.396 e. The molecule has 0 radical (unpaired) electrons. The smallest absolute Gasteiger partial charge is 0.116 e. The molecule has 0 aliphatic carbocycles. The minimum Gasteiger partial charge on any atom is -0.396 e. The predicted octanol–water partition coefficient (Wildman–Crippen LogP) is 1.83. The summed E-state index contributed by atoms with van der Waals surface area (Å²) in [5.74, 6) is 0.696. The molecule has 0 aromatic carbocycles. The highest BCUT2D eigenvalue weighted by atomic mass is 32.2. The van der Waals surface area contributed by atoms with Crippen molar-refractivity contribution in [3.63, 3.8) is 0 Å². The summed E-state index contributed by atoms with van der Waals surface area (Å²) in [6.07, 6.45) is 1.80. The van der Waals surface area contributed by atoms with Crippen LogP contribution in [0.15, 0.2) is 23.2 Å². The number of pyridine rings is 1. The Bertz CT molecular complexity index is 271. The minimum absolute atomic E-state index is 0.189. The second kappa shape index (κ2) is 4.54. The summed E-state index contributed by atoms with van der Waals surface area (Å²) in [7, 11) is 0. The molecular weight excluding hydrogens is 178 g/mol. The average Bonchev–Trinajstić information content (AvgIpc) is 2.03. The van der Waals surface area contributed by atoms with Crippen LogP contribution in [0.5, 0.6) is 0 Å². The lowest BCUT2D eigenvalue weighted by Crippen LogP contribution is -1.86. The molecule has 4 heteroatoms. The first-order valence-corrected chi connectivity index (χ1v) is 4.65. The molecule has 60 valence electrons. The molecule has 0 spiro atoms. The quantitative estimate of drug-likeness (QED) is 0.560. The molecule has 0 aliphatic rings. The molecule has 2 N–H and O–H groups in total. The topological polar surface area (TPSA) is 36.0 Å². The number of aliphatic hydroxyl groups is 1. The molecule has 0 fully saturated rings. The second-order valence-electron chi connectivity index (χ2n) is 1.94. The zero-order chi connectivity index (χ0) is 8.10. The molecule has 0 amide bonds. The van der Waals surface area contributed by atoms with Crippen LogP contribution >= 0.6 is 24.0 Å². The van der Waals surface area contributed by atoms with E-state index in [1.165, 1.54) is 0 Å². The maximum absolute atomic E-state index is 8.55. The number of aliphatic hydroxyl groups excluding tert-OH is 1. The zero-order valence-corrected chi connectivity index (χ0v) is 7.54. The molecule has 11 heavy (non-hydrogen) atoms. The normalized spacial score (nSPS) is 9.91. The second-order valence-corrected chi connectivity index (χ2v) is 3.48. The van der Waals surface area contributed by atoms with Crippen molar-refractivity contribution in [3.8, 4) is 0 Å². The Labute approximate surface area is 74.7 Å². The SMILES string of the molecule is OCCSc1ccc[nH]c1=S. The Hall–Kier alpha value is -0.320. The van der Waals surface area contributed by atoms with Crippen molar-refractivity contribution in [3.05, 3.63) is 23.0 Å². The summed E-state index contributed by atoms with van der Waals surface area (Å²) >= 11 is 6.57. The van der Waals surface area contributed by atoms with Gasteiger partial charge in [0.1, 0.15) is 4.64 Å². The van der Waals surface area contributed by atoms with Crippen molar-refractivity contribution >= 4 is 24.0 Å². The van der Waals surface area contributed by atoms with Gasteiger partial charge in [-0.15, -0.1) is 11.8 Å². The van der Waals surface area contributed by atoms with Crippen LogP contribution in [0.4, 0.5) is 0 Å². The average molecular weight is 187 g/mol. The third-order valence-corrected chi connectivity index (χ3v) is 2.64. The van der Waals surface area contributed by atoms with Gasteiger partial charge in [0.2, 0.25) is 0 Å². The number of aromatic amines is 1. The zero-order valence-electron chi connectivity index (χ0n) is 5.91. The molecule has 1 aromatic heterocycles. The highest BCUT2D eigenvalue weighted by molar-refractivity contribution is 7.99. The van der Waals surface area contributed by atoms with Crippen molar-refractivity contribution in [2.45, 2.75) is 4.90 Å². The number of thioether (sulfide) groups is 1. The molecule has 0 aliphatic heterocycles. The van der Waals surface area contributed by atoms with Crippen LogP contribution in [0.2, 0.25) is 0 Å². The fourth-order valence-electron chi connectivity index (χ4n) is 0.675. The first kappa shape index (κ1) is 8.77. The van der Waals surface area contributed by atoms with Crippen molar-refractivity contribution < 1.29 is 5.11 Å². The van der Waals surface area contributed by atoms with E-state index in [0.717, 1.165) is 9.54 Å². The number of hydrogen-bond acceptors (Lipinski definition) is 3. The van der Waals surface area contributed by atoms with Gasteiger partial charge in [-0.1, -0.05) is 12.2 Å². The highest BCUT2D eigenvalue weighted by Crippen LogP contribution is 2.16. The molecule has 0 bridgehead atoms. The van der Waals surface area contributed by atoms with E-state index in [1.807, 2.05) is 12.1 Å². The standard InChI is InChI=1S/C7H9NOS2/c9-4-5-11-6-2-1-3-8-7(6)10/h1-3,9H,4-5H2,(H,8,10).